The monoisotopic (exact) mass is 344 g/mol. The normalized spacial score (nSPS) is 29.0. The smallest absolute Gasteiger partial charge is 0.317 e. The van der Waals surface area contributed by atoms with Crippen molar-refractivity contribution < 1.29 is 15.0 Å². The maximum absolute atomic E-state index is 12.4. The molecule has 134 valence electrons. The number of aromatic nitrogens is 2. The number of likely N-dealkylation sites (tertiary alicyclic amines) is 1. The van der Waals surface area contributed by atoms with Crippen LogP contribution in [0.4, 0.5) is 4.79 Å². The summed E-state index contributed by atoms with van der Waals surface area (Å²) in [6, 6.07) is 7.79. The van der Waals surface area contributed by atoms with Crippen LogP contribution in [0.5, 0.6) is 0 Å². The van der Waals surface area contributed by atoms with Crippen LogP contribution in [0.15, 0.2) is 24.3 Å². The first-order chi connectivity index (χ1) is 12.1. The number of nitrogens with zero attached hydrogens (tertiary/aromatic N) is 2. The van der Waals surface area contributed by atoms with Crippen molar-refractivity contribution in [3.63, 3.8) is 0 Å². The third-order valence-electron chi connectivity index (χ3n) is 5.47. The van der Waals surface area contributed by atoms with Crippen LogP contribution in [0.25, 0.3) is 11.0 Å². The van der Waals surface area contributed by atoms with Gasteiger partial charge < -0.3 is 25.4 Å². The molecule has 2 amide bonds. The van der Waals surface area contributed by atoms with Gasteiger partial charge in [0.1, 0.15) is 5.82 Å². The molecule has 1 aliphatic carbocycles. The van der Waals surface area contributed by atoms with Gasteiger partial charge in [0.05, 0.1) is 23.2 Å². The van der Waals surface area contributed by atoms with Gasteiger partial charge in [0, 0.05) is 26.1 Å². The van der Waals surface area contributed by atoms with Gasteiger partial charge in [-0.2, -0.15) is 0 Å². The fourth-order valence-electron chi connectivity index (χ4n) is 4.10. The SMILES string of the molecule is O=C(NCCc1nc2ccccc2[nH]1)N1C[C@H]2C[C@H](O)[C@H](O)C[C@H]2C1. The van der Waals surface area contributed by atoms with E-state index in [1.807, 2.05) is 24.3 Å². The number of aromatic amines is 1. The second-order valence-electron chi connectivity index (χ2n) is 7.21. The molecule has 0 radical (unpaired) electrons. The van der Waals surface area contributed by atoms with E-state index in [1.165, 1.54) is 0 Å². The van der Waals surface area contributed by atoms with Crippen LogP contribution >= 0.6 is 0 Å². The highest BCUT2D eigenvalue weighted by Gasteiger charge is 2.42. The number of amides is 2. The number of aliphatic hydroxyl groups is 2. The van der Waals surface area contributed by atoms with Crippen molar-refractivity contribution in [1.82, 2.24) is 20.2 Å². The number of urea groups is 1. The number of aliphatic hydroxyl groups excluding tert-OH is 2. The second kappa shape index (κ2) is 6.65. The Hall–Kier alpha value is -2.12. The number of hydrogen-bond donors (Lipinski definition) is 4. The van der Waals surface area contributed by atoms with Crippen molar-refractivity contribution in [2.24, 2.45) is 11.8 Å². The van der Waals surface area contributed by atoms with E-state index in [4.69, 9.17) is 0 Å². The highest BCUT2D eigenvalue weighted by molar-refractivity contribution is 5.75. The standard InChI is InChI=1S/C18H24N4O3/c23-15-7-11-9-22(10-12(11)8-16(15)24)18(25)19-6-5-17-20-13-3-1-2-4-14(13)21-17/h1-4,11-12,15-16,23-24H,5-10H2,(H,19,25)(H,20,21)/t11-,12+,15+,16-. The molecule has 1 aromatic carbocycles. The summed E-state index contributed by atoms with van der Waals surface area (Å²) < 4.78 is 0. The molecule has 4 N–H and O–H groups in total. The number of H-pyrrole nitrogens is 1. The molecule has 2 heterocycles. The van der Waals surface area contributed by atoms with Gasteiger partial charge in [-0.25, -0.2) is 9.78 Å². The van der Waals surface area contributed by atoms with E-state index >= 15 is 0 Å². The molecule has 2 fully saturated rings. The third kappa shape index (κ3) is 3.34. The van der Waals surface area contributed by atoms with Crippen LogP contribution in [0, 0.1) is 11.8 Å². The number of carbonyl (C=O) groups excluding carboxylic acids is 1. The van der Waals surface area contributed by atoms with Crippen LogP contribution in [-0.4, -0.2) is 63.0 Å². The van der Waals surface area contributed by atoms with E-state index in [9.17, 15) is 15.0 Å². The summed E-state index contributed by atoms with van der Waals surface area (Å²) in [5.74, 6) is 1.45. The van der Waals surface area contributed by atoms with Crippen LogP contribution in [0.3, 0.4) is 0 Å². The molecule has 25 heavy (non-hydrogen) atoms. The zero-order valence-corrected chi connectivity index (χ0v) is 14.1. The number of imidazole rings is 1. The molecule has 0 bridgehead atoms. The van der Waals surface area contributed by atoms with Crippen LogP contribution < -0.4 is 5.32 Å². The minimum Gasteiger partial charge on any atom is -0.390 e. The molecule has 2 aromatic rings. The molecule has 4 rings (SSSR count). The summed E-state index contributed by atoms with van der Waals surface area (Å²) in [5.41, 5.74) is 1.94. The first kappa shape index (κ1) is 16.4. The average molecular weight is 344 g/mol. The van der Waals surface area contributed by atoms with Crippen molar-refractivity contribution in [1.29, 1.82) is 0 Å². The van der Waals surface area contributed by atoms with Crippen LogP contribution in [-0.2, 0) is 6.42 Å². The Balaban J connectivity index is 1.28. The number of hydrogen-bond acceptors (Lipinski definition) is 4. The van der Waals surface area contributed by atoms with E-state index in [-0.39, 0.29) is 6.03 Å². The minimum atomic E-state index is -0.655. The Kier molecular flexibility index (Phi) is 4.35. The lowest BCUT2D eigenvalue weighted by atomic mass is 9.79. The van der Waals surface area contributed by atoms with Crippen LogP contribution in [0.1, 0.15) is 18.7 Å². The third-order valence-corrected chi connectivity index (χ3v) is 5.47. The molecule has 7 nitrogen and oxygen atoms in total. The number of para-hydroxylation sites is 2. The average Bonchev–Trinajstić information content (AvgIpc) is 3.18. The van der Waals surface area contributed by atoms with Gasteiger partial charge in [0.15, 0.2) is 0 Å². The Morgan fingerprint density at radius 1 is 1.20 bits per heavy atom. The Bertz CT molecular complexity index is 711. The lowest BCUT2D eigenvalue weighted by molar-refractivity contribution is -0.0372. The highest BCUT2D eigenvalue weighted by Crippen LogP contribution is 2.36. The zero-order chi connectivity index (χ0) is 17.4. The van der Waals surface area contributed by atoms with Gasteiger partial charge >= 0.3 is 6.03 Å². The van der Waals surface area contributed by atoms with Gasteiger partial charge in [-0.1, -0.05) is 12.1 Å². The lowest BCUT2D eigenvalue weighted by Crippen LogP contribution is -2.39. The predicted molar refractivity (Wildman–Crippen MR) is 93.0 cm³/mol. The molecule has 1 saturated carbocycles. The first-order valence-corrected chi connectivity index (χ1v) is 8.92. The van der Waals surface area contributed by atoms with E-state index in [1.54, 1.807) is 4.90 Å². The summed E-state index contributed by atoms with van der Waals surface area (Å²) in [6.07, 6.45) is 0.497. The van der Waals surface area contributed by atoms with Gasteiger partial charge in [-0.05, 0) is 36.8 Å². The quantitative estimate of drug-likeness (QED) is 0.664. The van der Waals surface area contributed by atoms with E-state index < -0.39 is 12.2 Å². The minimum absolute atomic E-state index is 0.0745. The van der Waals surface area contributed by atoms with Gasteiger partial charge in [0.2, 0.25) is 0 Å². The molecule has 1 aliphatic heterocycles. The molecule has 0 spiro atoms. The van der Waals surface area contributed by atoms with E-state index in [0.717, 1.165) is 16.9 Å². The summed E-state index contributed by atoms with van der Waals surface area (Å²) >= 11 is 0. The van der Waals surface area contributed by atoms with Crippen molar-refractivity contribution in [2.75, 3.05) is 19.6 Å². The summed E-state index contributed by atoms with van der Waals surface area (Å²) in [5, 5.41) is 22.5. The predicted octanol–water partition coefficient (Wildman–Crippen LogP) is 0.879. The maximum atomic E-state index is 12.4. The maximum Gasteiger partial charge on any atom is 0.317 e. The molecule has 4 atom stereocenters. The van der Waals surface area contributed by atoms with E-state index in [2.05, 4.69) is 15.3 Å². The summed E-state index contributed by atoms with van der Waals surface area (Å²) in [4.78, 5) is 21.9. The van der Waals surface area contributed by atoms with Crippen molar-refractivity contribution >= 4 is 17.1 Å². The van der Waals surface area contributed by atoms with Crippen molar-refractivity contribution in [2.45, 2.75) is 31.5 Å². The Labute approximate surface area is 146 Å². The molecule has 1 aromatic heterocycles. The summed E-state index contributed by atoms with van der Waals surface area (Å²) in [7, 11) is 0. The number of nitrogens with one attached hydrogen (secondary N) is 2. The number of carbonyl (C=O) groups is 1. The topological polar surface area (TPSA) is 101 Å². The first-order valence-electron chi connectivity index (χ1n) is 8.92. The van der Waals surface area contributed by atoms with Gasteiger partial charge in [-0.15, -0.1) is 0 Å². The van der Waals surface area contributed by atoms with Gasteiger partial charge in [0.25, 0.3) is 0 Å². The molecule has 1 saturated heterocycles. The lowest BCUT2D eigenvalue weighted by Gasteiger charge is -2.31. The molecule has 7 heteroatoms. The molecule has 0 unspecified atom stereocenters. The summed E-state index contributed by atoms with van der Waals surface area (Å²) in [6.45, 7) is 1.84. The fraction of sp³-hybridized carbons (Fsp3) is 0.556. The molecular weight excluding hydrogens is 320 g/mol. The largest absolute Gasteiger partial charge is 0.390 e. The zero-order valence-electron chi connectivity index (χ0n) is 14.1. The molecule has 2 aliphatic rings. The van der Waals surface area contributed by atoms with Crippen molar-refractivity contribution in [3.05, 3.63) is 30.1 Å². The Morgan fingerprint density at radius 2 is 1.88 bits per heavy atom. The number of fused-ring (bicyclic) bond motifs is 2. The van der Waals surface area contributed by atoms with Crippen molar-refractivity contribution in [3.8, 4) is 0 Å². The highest BCUT2D eigenvalue weighted by atomic mass is 16.3. The van der Waals surface area contributed by atoms with Crippen LogP contribution in [0.2, 0.25) is 0 Å². The fourth-order valence-corrected chi connectivity index (χ4v) is 4.10. The second-order valence-corrected chi connectivity index (χ2v) is 7.21. The van der Waals surface area contributed by atoms with Gasteiger partial charge in [-0.3, -0.25) is 0 Å². The Morgan fingerprint density at radius 3 is 2.56 bits per heavy atom. The number of benzene rings is 1. The molecular formula is C18H24N4O3. The number of rotatable bonds is 3. The van der Waals surface area contributed by atoms with E-state index in [0.29, 0.717) is 50.7 Å².